The SMILES string of the molecule is CC(=O)Oc1cc(F)cc(C#Cc2c(NC(=O)C(F)(F)F)nc(N(C)C(=O)OC(C)(C)C)c3ncn(C)c23)c1. The van der Waals surface area contributed by atoms with E-state index in [9.17, 15) is 31.9 Å². The Morgan fingerprint density at radius 1 is 1.10 bits per heavy atom. The van der Waals surface area contributed by atoms with Gasteiger partial charge in [-0.15, -0.1) is 0 Å². The summed E-state index contributed by atoms with van der Waals surface area (Å²) < 4.78 is 65.1. The van der Waals surface area contributed by atoms with E-state index < -0.39 is 41.4 Å². The van der Waals surface area contributed by atoms with Gasteiger partial charge in [-0.05, 0) is 32.9 Å². The Bertz CT molecular complexity index is 1530. The Kier molecular flexibility index (Phi) is 7.85. The number of aromatic nitrogens is 3. The van der Waals surface area contributed by atoms with Crippen molar-refractivity contribution >= 4 is 40.6 Å². The Balaban J connectivity index is 2.25. The van der Waals surface area contributed by atoms with Gasteiger partial charge < -0.3 is 19.4 Å². The minimum absolute atomic E-state index is 0.00427. The summed E-state index contributed by atoms with van der Waals surface area (Å²) in [5.41, 5.74) is -0.938. The number of halogens is 4. The minimum atomic E-state index is -5.27. The summed E-state index contributed by atoms with van der Waals surface area (Å²) in [5.74, 6) is 0.348. The second-order valence-corrected chi connectivity index (χ2v) is 9.22. The van der Waals surface area contributed by atoms with Gasteiger partial charge in [-0.1, -0.05) is 11.8 Å². The van der Waals surface area contributed by atoms with Crippen LogP contribution in [0.1, 0.15) is 38.8 Å². The van der Waals surface area contributed by atoms with Crippen molar-refractivity contribution in [2.24, 2.45) is 7.05 Å². The molecule has 0 bridgehead atoms. The number of nitrogens with one attached hydrogen (secondary N) is 1. The number of anilines is 2. The van der Waals surface area contributed by atoms with Crippen LogP contribution in [0.3, 0.4) is 0 Å². The molecule has 0 aliphatic heterocycles. The first-order valence-electron chi connectivity index (χ1n) is 11.2. The van der Waals surface area contributed by atoms with E-state index in [4.69, 9.17) is 9.47 Å². The maximum absolute atomic E-state index is 14.1. The van der Waals surface area contributed by atoms with Crippen LogP contribution in [0.25, 0.3) is 11.0 Å². The van der Waals surface area contributed by atoms with Crippen molar-refractivity contribution in [2.75, 3.05) is 17.3 Å². The van der Waals surface area contributed by atoms with E-state index in [0.717, 1.165) is 24.0 Å². The highest BCUT2D eigenvalue weighted by Crippen LogP contribution is 2.32. The lowest BCUT2D eigenvalue weighted by molar-refractivity contribution is -0.167. The van der Waals surface area contributed by atoms with Crippen LogP contribution in [0.15, 0.2) is 24.5 Å². The zero-order valence-electron chi connectivity index (χ0n) is 21.7. The molecule has 3 aromatic rings. The highest BCUT2D eigenvalue weighted by molar-refractivity contribution is 6.03. The van der Waals surface area contributed by atoms with Gasteiger partial charge in [0.25, 0.3) is 0 Å². The molecule has 39 heavy (non-hydrogen) atoms. The lowest BCUT2D eigenvalue weighted by atomic mass is 10.1. The number of hydrogen-bond donors (Lipinski definition) is 1. The molecule has 0 saturated carbocycles. The van der Waals surface area contributed by atoms with Crippen LogP contribution >= 0.6 is 0 Å². The predicted octanol–water partition coefficient (Wildman–Crippen LogP) is 4.30. The summed E-state index contributed by atoms with van der Waals surface area (Å²) in [6, 6.07) is 3.19. The van der Waals surface area contributed by atoms with Crippen molar-refractivity contribution in [1.29, 1.82) is 0 Å². The molecule has 1 aromatic carbocycles. The summed E-state index contributed by atoms with van der Waals surface area (Å²) in [6.07, 6.45) is -4.85. The first kappa shape index (κ1) is 28.9. The maximum atomic E-state index is 14.1. The van der Waals surface area contributed by atoms with Crippen LogP contribution < -0.4 is 15.0 Å². The molecule has 0 saturated heterocycles. The third-order valence-corrected chi connectivity index (χ3v) is 4.78. The van der Waals surface area contributed by atoms with Crippen LogP contribution in [0.2, 0.25) is 0 Å². The van der Waals surface area contributed by atoms with E-state index in [1.165, 1.54) is 31.1 Å². The first-order valence-corrected chi connectivity index (χ1v) is 11.2. The third kappa shape index (κ3) is 7.01. The number of imidazole rings is 1. The summed E-state index contributed by atoms with van der Waals surface area (Å²) in [6.45, 7) is 5.98. The number of fused-ring (bicyclic) bond motifs is 1. The van der Waals surface area contributed by atoms with Gasteiger partial charge in [0.15, 0.2) is 11.6 Å². The number of pyridine rings is 1. The van der Waals surface area contributed by atoms with Crippen LogP contribution in [-0.2, 0) is 21.4 Å². The van der Waals surface area contributed by atoms with Gasteiger partial charge in [-0.2, -0.15) is 13.2 Å². The molecule has 0 fully saturated rings. The molecule has 2 heterocycles. The van der Waals surface area contributed by atoms with Gasteiger partial charge in [-0.3, -0.25) is 14.5 Å². The monoisotopic (exact) mass is 549 g/mol. The molecule has 2 amide bonds. The highest BCUT2D eigenvalue weighted by Gasteiger charge is 2.40. The van der Waals surface area contributed by atoms with E-state index in [2.05, 4.69) is 21.8 Å². The first-order chi connectivity index (χ1) is 18.0. The van der Waals surface area contributed by atoms with Gasteiger partial charge in [0.2, 0.25) is 0 Å². The Hall–Kier alpha value is -4.67. The summed E-state index contributed by atoms with van der Waals surface area (Å²) in [5, 5.41) is 1.69. The topological polar surface area (TPSA) is 116 Å². The molecule has 1 N–H and O–H groups in total. The maximum Gasteiger partial charge on any atom is 0.471 e. The molecule has 0 atom stereocenters. The van der Waals surface area contributed by atoms with Crippen LogP contribution in [0.4, 0.5) is 34.0 Å². The number of amides is 2. The van der Waals surface area contributed by atoms with E-state index in [1.807, 2.05) is 0 Å². The minimum Gasteiger partial charge on any atom is -0.443 e. The van der Waals surface area contributed by atoms with E-state index in [1.54, 1.807) is 26.1 Å². The quantitative estimate of drug-likeness (QED) is 0.224. The molecule has 2 aromatic heterocycles. The van der Waals surface area contributed by atoms with Crippen molar-refractivity contribution in [3.63, 3.8) is 0 Å². The Labute approximate surface area is 219 Å². The van der Waals surface area contributed by atoms with Gasteiger partial charge >= 0.3 is 24.1 Å². The predicted molar refractivity (Wildman–Crippen MR) is 132 cm³/mol. The number of carbonyl (C=O) groups is 3. The molecule has 0 spiro atoms. The fourth-order valence-electron chi connectivity index (χ4n) is 3.25. The lowest BCUT2D eigenvalue weighted by Crippen LogP contribution is -2.35. The lowest BCUT2D eigenvalue weighted by Gasteiger charge is -2.24. The molecular formula is C25H23F4N5O5. The van der Waals surface area contributed by atoms with Crippen molar-refractivity contribution in [1.82, 2.24) is 14.5 Å². The summed E-state index contributed by atoms with van der Waals surface area (Å²) >= 11 is 0. The van der Waals surface area contributed by atoms with Crippen LogP contribution in [-0.4, -0.2) is 51.3 Å². The second-order valence-electron chi connectivity index (χ2n) is 9.22. The molecule has 10 nitrogen and oxygen atoms in total. The van der Waals surface area contributed by atoms with E-state index in [0.29, 0.717) is 0 Å². The van der Waals surface area contributed by atoms with Crippen LogP contribution in [0, 0.1) is 17.7 Å². The summed E-state index contributed by atoms with van der Waals surface area (Å²) in [7, 11) is 2.78. The Morgan fingerprint density at radius 2 is 1.77 bits per heavy atom. The van der Waals surface area contributed by atoms with E-state index >= 15 is 0 Å². The third-order valence-electron chi connectivity index (χ3n) is 4.78. The average Bonchev–Trinajstić information content (AvgIpc) is 3.16. The fourth-order valence-corrected chi connectivity index (χ4v) is 3.25. The fraction of sp³-hybridized carbons (Fsp3) is 0.320. The molecule has 0 aliphatic carbocycles. The standard InChI is InChI=1S/C25H23F4N5O5/c1-13(35)38-16-10-14(9-15(26)11-16)7-8-17-19-18(30-12-33(19)5)21(34(6)23(37)39-24(2,3)4)31-20(17)32-22(36)25(27,28)29/h9-12H,1-6H3,(H,31,32,36). The van der Waals surface area contributed by atoms with Crippen LogP contribution in [0.5, 0.6) is 5.75 Å². The largest absolute Gasteiger partial charge is 0.471 e. The number of nitrogens with zero attached hydrogens (tertiary/aromatic N) is 4. The number of hydrogen-bond acceptors (Lipinski definition) is 7. The molecule has 0 aliphatic rings. The van der Waals surface area contributed by atoms with Gasteiger partial charge in [0.05, 0.1) is 17.4 Å². The number of benzene rings is 1. The van der Waals surface area contributed by atoms with Crippen molar-refractivity contribution < 1.29 is 41.4 Å². The van der Waals surface area contributed by atoms with E-state index in [-0.39, 0.29) is 33.7 Å². The number of alkyl halides is 3. The zero-order valence-corrected chi connectivity index (χ0v) is 21.7. The number of aryl methyl sites for hydroxylation is 1. The number of rotatable bonds is 3. The Morgan fingerprint density at radius 3 is 2.36 bits per heavy atom. The molecule has 206 valence electrons. The second kappa shape index (κ2) is 10.6. The number of carbonyl (C=O) groups excluding carboxylic acids is 3. The van der Waals surface area contributed by atoms with Crippen molar-refractivity contribution in [3.05, 3.63) is 41.5 Å². The molecule has 0 unspecified atom stereocenters. The zero-order chi connectivity index (χ0) is 29.3. The molecule has 3 rings (SSSR count). The van der Waals surface area contributed by atoms with Crippen molar-refractivity contribution in [2.45, 2.75) is 39.5 Å². The smallest absolute Gasteiger partial charge is 0.443 e. The summed E-state index contributed by atoms with van der Waals surface area (Å²) in [4.78, 5) is 45.0. The van der Waals surface area contributed by atoms with Crippen molar-refractivity contribution in [3.8, 4) is 17.6 Å². The van der Waals surface area contributed by atoms with Gasteiger partial charge in [0.1, 0.15) is 22.7 Å². The van der Waals surface area contributed by atoms with Gasteiger partial charge in [-0.25, -0.2) is 19.2 Å². The highest BCUT2D eigenvalue weighted by atomic mass is 19.4. The van der Waals surface area contributed by atoms with Gasteiger partial charge in [0, 0.05) is 32.6 Å². The number of esters is 1. The molecule has 0 radical (unpaired) electrons. The average molecular weight is 549 g/mol. The normalized spacial score (nSPS) is 11.4. The molecule has 14 heteroatoms. The number of ether oxygens (including phenoxy) is 2. The molecular weight excluding hydrogens is 526 g/mol.